The van der Waals surface area contributed by atoms with E-state index in [0.29, 0.717) is 20.9 Å². The van der Waals surface area contributed by atoms with E-state index in [1.165, 1.54) is 11.3 Å². The predicted octanol–water partition coefficient (Wildman–Crippen LogP) is 4.05. The summed E-state index contributed by atoms with van der Waals surface area (Å²) in [6.45, 7) is 1.97. The van der Waals surface area contributed by atoms with Crippen LogP contribution in [0.25, 0.3) is 0 Å². The van der Waals surface area contributed by atoms with Crippen LogP contribution in [0, 0.1) is 0 Å². The number of carbonyl (C=O) groups is 1. The SMILES string of the molecule is CCc1nnc(NC(=O)Nc2cccc(Cl)c2Cl)s1. The zero-order valence-corrected chi connectivity index (χ0v) is 12.2. The second-order valence-electron chi connectivity index (χ2n) is 3.54. The molecule has 0 bridgehead atoms. The van der Waals surface area contributed by atoms with Crippen molar-refractivity contribution in [3.05, 3.63) is 33.3 Å². The van der Waals surface area contributed by atoms with Gasteiger partial charge in [0.05, 0.1) is 15.7 Å². The summed E-state index contributed by atoms with van der Waals surface area (Å²) >= 11 is 13.1. The molecule has 1 aromatic heterocycles. The van der Waals surface area contributed by atoms with Crippen LogP contribution in [0.15, 0.2) is 18.2 Å². The molecular weight excluding hydrogens is 307 g/mol. The lowest BCUT2D eigenvalue weighted by molar-refractivity contribution is 0.262. The van der Waals surface area contributed by atoms with Gasteiger partial charge >= 0.3 is 6.03 Å². The molecule has 2 rings (SSSR count). The van der Waals surface area contributed by atoms with Gasteiger partial charge in [0.15, 0.2) is 0 Å². The van der Waals surface area contributed by atoms with Crippen molar-refractivity contribution >= 4 is 51.4 Å². The van der Waals surface area contributed by atoms with Crippen molar-refractivity contribution in [1.82, 2.24) is 10.2 Å². The quantitative estimate of drug-likeness (QED) is 0.897. The Labute approximate surface area is 123 Å². The van der Waals surface area contributed by atoms with Gasteiger partial charge in [0.2, 0.25) is 5.13 Å². The fourth-order valence-electron chi connectivity index (χ4n) is 1.30. The number of urea groups is 1. The summed E-state index contributed by atoms with van der Waals surface area (Å²) in [5.74, 6) is 0. The monoisotopic (exact) mass is 316 g/mol. The molecule has 0 saturated carbocycles. The largest absolute Gasteiger partial charge is 0.325 e. The highest BCUT2D eigenvalue weighted by molar-refractivity contribution is 7.15. The minimum Gasteiger partial charge on any atom is -0.306 e. The first-order chi connectivity index (χ1) is 9.10. The number of aryl methyl sites for hydroxylation is 1. The first-order valence-corrected chi connectivity index (χ1v) is 7.01. The lowest BCUT2D eigenvalue weighted by atomic mass is 10.3. The minimum atomic E-state index is -0.442. The second-order valence-corrected chi connectivity index (χ2v) is 5.38. The maximum atomic E-state index is 11.8. The Morgan fingerprint density at radius 3 is 2.79 bits per heavy atom. The van der Waals surface area contributed by atoms with Crippen LogP contribution in [-0.4, -0.2) is 16.2 Å². The maximum Gasteiger partial charge on any atom is 0.325 e. The van der Waals surface area contributed by atoms with Gasteiger partial charge < -0.3 is 5.32 Å². The van der Waals surface area contributed by atoms with Gasteiger partial charge in [-0.15, -0.1) is 10.2 Å². The second kappa shape index (κ2) is 6.18. The summed E-state index contributed by atoms with van der Waals surface area (Å²) in [5.41, 5.74) is 0.437. The lowest BCUT2D eigenvalue weighted by Gasteiger charge is -2.07. The molecule has 100 valence electrons. The van der Waals surface area contributed by atoms with Gasteiger partial charge in [-0.25, -0.2) is 4.79 Å². The standard InChI is InChI=1S/C11H10Cl2N4OS/c1-2-8-16-17-11(19-8)15-10(18)14-7-5-3-4-6(12)9(7)13/h3-5H,2H2,1H3,(H2,14,15,17,18). The van der Waals surface area contributed by atoms with Gasteiger partial charge in [0, 0.05) is 0 Å². The fraction of sp³-hybridized carbons (Fsp3) is 0.182. The van der Waals surface area contributed by atoms with Gasteiger partial charge in [0.1, 0.15) is 5.01 Å². The number of anilines is 2. The van der Waals surface area contributed by atoms with Gasteiger partial charge in [-0.3, -0.25) is 5.32 Å². The zero-order valence-electron chi connectivity index (χ0n) is 9.91. The molecular formula is C11H10Cl2N4OS. The summed E-state index contributed by atoms with van der Waals surface area (Å²) in [6, 6.07) is 4.56. The molecule has 0 fully saturated rings. The van der Waals surface area contributed by atoms with E-state index >= 15 is 0 Å². The first kappa shape index (κ1) is 14.0. The predicted molar refractivity (Wildman–Crippen MR) is 78.4 cm³/mol. The van der Waals surface area contributed by atoms with E-state index in [4.69, 9.17) is 23.2 Å². The smallest absolute Gasteiger partial charge is 0.306 e. The first-order valence-electron chi connectivity index (χ1n) is 5.44. The molecule has 0 spiro atoms. The number of amides is 2. The third-order valence-corrected chi connectivity index (χ3v) is 3.99. The number of aromatic nitrogens is 2. The van der Waals surface area contributed by atoms with Crippen LogP contribution in [0.5, 0.6) is 0 Å². The van der Waals surface area contributed by atoms with E-state index in [1.807, 2.05) is 6.92 Å². The summed E-state index contributed by atoms with van der Waals surface area (Å²) < 4.78 is 0. The van der Waals surface area contributed by atoms with Crippen LogP contribution in [0.3, 0.4) is 0 Å². The topological polar surface area (TPSA) is 66.9 Å². The number of rotatable bonds is 3. The van der Waals surface area contributed by atoms with E-state index in [9.17, 15) is 4.79 Å². The van der Waals surface area contributed by atoms with E-state index in [1.54, 1.807) is 18.2 Å². The van der Waals surface area contributed by atoms with Crippen LogP contribution in [0.2, 0.25) is 10.0 Å². The Kier molecular flexibility index (Phi) is 4.57. The number of benzene rings is 1. The van der Waals surface area contributed by atoms with Gasteiger partial charge in [-0.05, 0) is 18.6 Å². The molecule has 2 aromatic rings. The third kappa shape index (κ3) is 3.56. The molecule has 0 aliphatic rings. The Morgan fingerprint density at radius 1 is 1.32 bits per heavy atom. The van der Waals surface area contributed by atoms with Crippen LogP contribution in [0.1, 0.15) is 11.9 Å². The number of nitrogens with one attached hydrogen (secondary N) is 2. The summed E-state index contributed by atoms with van der Waals surface area (Å²) in [5, 5.41) is 14.9. The number of carbonyl (C=O) groups excluding carboxylic acids is 1. The maximum absolute atomic E-state index is 11.8. The average Bonchev–Trinajstić information content (AvgIpc) is 2.82. The molecule has 0 unspecified atom stereocenters. The van der Waals surface area contributed by atoms with Crippen molar-refractivity contribution < 1.29 is 4.79 Å². The molecule has 0 atom stereocenters. The summed E-state index contributed by atoms with van der Waals surface area (Å²) in [4.78, 5) is 11.8. The molecule has 0 radical (unpaired) electrons. The minimum absolute atomic E-state index is 0.297. The van der Waals surface area contributed by atoms with Crippen molar-refractivity contribution in [1.29, 1.82) is 0 Å². The van der Waals surface area contributed by atoms with Crippen molar-refractivity contribution in [3.63, 3.8) is 0 Å². The average molecular weight is 317 g/mol. The number of nitrogens with zero attached hydrogens (tertiary/aromatic N) is 2. The highest BCUT2D eigenvalue weighted by Crippen LogP contribution is 2.29. The van der Waals surface area contributed by atoms with Gasteiger partial charge in [-0.2, -0.15) is 0 Å². The molecule has 1 aromatic carbocycles. The Bertz CT molecular complexity index is 602. The zero-order chi connectivity index (χ0) is 13.8. The van der Waals surface area contributed by atoms with Crippen LogP contribution in [0.4, 0.5) is 15.6 Å². The molecule has 0 aliphatic heterocycles. The van der Waals surface area contributed by atoms with Crippen molar-refractivity contribution in [2.24, 2.45) is 0 Å². The molecule has 0 saturated heterocycles. The number of halogens is 2. The highest BCUT2D eigenvalue weighted by atomic mass is 35.5. The molecule has 2 amide bonds. The molecule has 0 aliphatic carbocycles. The number of hydrogen-bond donors (Lipinski definition) is 2. The van der Waals surface area contributed by atoms with Crippen molar-refractivity contribution in [2.45, 2.75) is 13.3 Å². The van der Waals surface area contributed by atoms with Crippen LogP contribution in [-0.2, 0) is 6.42 Å². The Hall–Kier alpha value is -1.37. The van der Waals surface area contributed by atoms with Gasteiger partial charge in [-0.1, -0.05) is 47.5 Å². The van der Waals surface area contributed by atoms with Crippen LogP contribution < -0.4 is 10.6 Å². The Morgan fingerprint density at radius 2 is 2.11 bits per heavy atom. The number of hydrogen-bond acceptors (Lipinski definition) is 4. The molecule has 2 N–H and O–H groups in total. The van der Waals surface area contributed by atoms with Crippen molar-refractivity contribution in [3.8, 4) is 0 Å². The Balaban J connectivity index is 2.03. The fourth-order valence-corrected chi connectivity index (χ4v) is 2.32. The lowest BCUT2D eigenvalue weighted by Crippen LogP contribution is -2.19. The van der Waals surface area contributed by atoms with Crippen molar-refractivity contribution in [2.75, 3.05) is 10.6 Å². The van der Waals surface area contributed by atoms with E-state index in [-0.39, 0.29) is 0 Å². The normalized spacial score (nSPS) is 10.3. The van der Waals surface area contributed by atoms with Gasteiger partial charge in [0.25, 0.3) is 0 Å². The van der Waals surface area contributed by atoms with E-state index in [2.05, 4.69) is 20.8 Å². The highest BCUT2D eigenvalue weighted by Gasteiger charge is 2.10. The molecule has 1 heterocycles. The summed E-state index contributed by atoms with van der Waals surface area (Å²) in [7, 11) is 0. The van der Waals surface area contributed by atoms with Crippen LogP contribution >= 0.6 is 34.5 Å². The third-order valence-electron chi connectivity index (χ3n) is 2.19. The molecule has 8 heteroatoms. The van der Waals surface area contributed by atoms with E-state index < -0.39 is 6.03 Å². The summed E-state index contributed by atoms with van der Waals surface area (Å²) in [6.07, 6.45) is 0.779. The van der Waals surface area contributed by atoms with E-state index in [0.717, 1.165) is 11.4 Å². The molecule has 19 heavy (non-hydrogen) atoms. The molecule has 5 nitrogen and oxygen atoms in total.